The maximum absolute atomic E-state index is 13.2. The van der Waals surface area contributed by atoms with Crippen LogP contribution < -0.4 is 5.32 Å². The van der Waals surface area contributed by atoms with E-state index in [2.05, 4.69) is 22.9 Å². The van der Waals surface area contributed by atoms with Gasteiger partial charge in [-0.05, 0) is 50.5 Å². The molecule has 150 valence electrons. The van der Waals surface area contributed by atoms with Crippen LogP contribution in [0.3, 0.4) is 0 Å². The standard InChI is InChI=1S/C23H25N3O3/c1-2-25-16-17(18-9-4-5-10-20(18)25)15-19(23(28)26-12-6-3-7-13-26)24-22(27)21-11-8-14-29-21/h4-5,8-11,14-16H,2-3,6-7,12-13H2,1H3,(H,24,27). The van der Waals surface area contributed by atoms with E-state index < -0.39 is 5.91 Å². The lowest BCUT2D eigenvalue weighted by atomic mass is 10.1. The van der Waals surface area contributed by atoms with E-state index in [-0.39, 0.29) is 17.4 Å². The molecule has 4 rings (SSSR count). The number of aromatic nitrogens is 1. The highest BCUT2D eigenvalue weighted by Crippen LogP contribution is 2.24. The van der Waals surface area contributed by atoms with Gasteiger partial charge in [-0.25, -0.2) is 0 Å². The van der Waals surface area contributed by atoms with Crippen molar-refractivity contribution in [2.75, 3.05) is 13.1 Å². The van der Waals surface area contributed by atoms with Crippen molar-refractivity contribution in [3.8, 4) is 0 Å². The van der Waals surface area contributed by atoms with E-state index in [1.165, 1.54) is 6.26 Å². The first kappa shape index (κ1) is 19.1. The van der Waals surface area contributed by atoms with E-state index in [0.29, 0.717) is 13.1 Å². The zero-order chi connectivity index (χ0) is 20.2. The molecule has 1 fully saturated rings. The van der Waals surface area contributed by atoms with Gasteiger partial charge in [-0.2, -0.15) is 0 Å². The maximum Gasteiger partial charge on any atom is 0.291 e. The second kappa shape index (κ2) is 8.39. The van der Waals surface area contributed by atoms with Gasteiger partial charge in [0.15, 0.2) is 5.76 Å². The van der Waals surface area contributed by atoms with Gasteiger partial charge < -0.3 is 19.2 Å². The summed E-state index contributed by atoms with van der Waals surface area (Å²) in [6, 6.07) is 11.3. The van der Waals surface area contributed by atoms with Crippen LogP contribution in [0.15, 0.2) is 59.0 Å². The molecule has 6 heteroatoms. The molecule has 1 aliphatic rings. The number of carbonyl (C=O) groups excluding carboxylic acids is 2. The molecule has 1 aliphatic heterocycles. The van der Waals surface area contributed by atoms with Gasteiger partial charge in [-0.15, -0.1) is 0 Å². The number of rotatable bonds is 5. The fourth-order valence-electron chi connectivity index (χ4n) is 3.82. The molecule has 0 aliphatic carbocycles. The van der Waals surface area contributed by atoms with Crippen LogP contribution >= 0.6 is 0 Å². The number of carbonyl (C=O) groups is 2. The van der Waals surface area contributed by atoms with Gasteiger partial charge in [-0.1, -0.05) is 18.2 Å². The van der Waals surface area contributed by atoms with Gasteiger partial charge >= 0.3 is 0 Å². The first-order chi connectivity index (χ1) is 14.2. The number of furan rings is 1. The predicted octanol–water partition coefficient (Wildman–Crippen LogP) is 4.04. The number of para-hydroxylation sites is 1. The summed E-state index contributed by atoms with van der Waals surface area (Å²) >= 11 is 0. The van der Waals surface area contributed by atoms with Crippen molar-refractivity contribution in [2.24, 2.45) is 0 Å². The summed E-state index contributed by atoms with van der Waals surface area (Å²) in [5.74, 6) is -0.401. The minimum absolute atomic E-state index is 0.155. The number of benzene rings is 1. The lowest BCUT2D eigenvalue weighted by molar-refractivity contribution is -0.128. The number of amides is 2. The fourth-order valence-corrected chi connectivity index (χ4v) is 3.82. The Hall–Kier alpha value is -3.28. The lowest BCUT2D eigenvalue weighted by Gasteiger charge is -2.27. The van der Waals surface area contributed by atoms with Crippen LogP contribution in [0.25, 0.3) is 17.0 Å². The van der Waals surface area contributed by atoms with Gasteiger partial charge in [-0.3, -0.25) is 9.59 Å². The van der Waals surface area contributed by atoms with E-state index >= 15 is 0 Å². The van der Waals surface area contributed by atoms with Crippen molar-refractivity contribution in [1.82, 2.24) is 14.8 Å². The second-order valence-electron chi connectivity index (χ2n) is 7.23. The summed E-state index contributed by atoms with van der Waals surface area (Å²) in [5, 5.41) is 3.83. The van der Waals surface area contributed by atoms with Crippen molar-refractivity contribution < 1.29 is 14.0 Å². The normalized spacial score (nSPS) is 14.9. The smallest absolute Gasteiger partial charge is 0.291 e. The van der Waals surface area contributed by atoms with Crippen molar-refractivity contribution in [1.29, 1.82) is 0 Å². The fraction of sp³-hybridized carbons (Fsp3) is 0.304. The number of piperidine rings is 1. The zero-order valence-electron chi connectivity index (χ0n) is 16.6. The monoisotopic (exact) mass is 391 g/mol. The number of fused-ring (bicyclic) bond motifs is 1. The summed E-state index contributed by atoms with van der Waals surface area (Å²) in [7, 11) is 0. The molecule has 2 amide bonds. The molecule has 1 saturated heterocycles. The highest BCUT2D eigenvalue weighted by Gasteiger charge is 2.23. The Bertz CT molecular complexity index is 1040. The van der Waals surface area contributed by atoms with Crippen LogP contribution in [0.4, 0.5) is 0 Å². The highest BCUT2D eigenvalue weighted by molar-refractivity contribution is 6.05. The zero-order valence-corrected chi connectivity index (χ0v) is 16.6. The minimum atomic E-state index is -0.425. The highest BCUT2D eigenvalue weighted by atomic mass is 16.3. The number of nitrogens with zero attached hydrogens (tertiary/aromatic N) is 2. The molecule has 6 nitrogen and oxygen atoms in total. The predicted molar refractivity (Wildman–Crippen MR) is 112 cm³/mol. The Morgan fingerprint density at radius 1 is 1.10 bits per heavy atom. The number of hydrogen-bond acceptors (Lipinski definition) is 3. The van der Waals surface area contributed by atoms with Crippen molar-refractivity contribution in [2.45, 2.75) is 32.7 Å². The number of aryl methyl sites for hydroxylation is 1. The summed E-state index contributed by atoms with van der Waals surface area (Å²) in [4.78, 5) is 27.6. The van der Waals surface area contributed by atoms with Gasteiger partial charge in [0.25, 0.3) is 11.8 Å². The molecule has 0 radical (unpaired) electrons. The first-order valence-corrected chi connectivity index (χ1v) is 10.1. The van der Waals surface area contributed by atoms with Crippen molar-refractivity contribution >= 4 is 28.8 Å². The lowest BCUT2D eigenvalue weighted by Crippen LogP contribution is -2.41. The van der Waals surface area contributed by atoms with Crippen molar-refractivity contribution in [3.05, 3.63) is 65.9 Å². The van der Waals surface area contributed by atoms with Crippen LogP contribution in [0.5, 0.6) is 0 Å². The molecule has 3 heterocycles. The van der Waals surface area contributed by atoms with Crippen LogP contribution in [-0.2, 0) is 11.3 Å². The largest absolute Gasteiger partial charge is 0.459 e. The average molecular weight is 391 g/mol. The van der Waals surface area contributed by atoms with Crippen LogP contribution in [-0.4, -0.2) is 34.4 Å². The molecular weight excluding hydrogens is 366 g/mol. The Morgan fingerprint density at radius 2 is 1.90 bits per heavy atom. The first-order valence-electron chi connectivity index (χ1n) is 10.1. The number of nitrogens with one attached hydrogen (secondary N) is 1. The molecule has 1 aromatic carbocycles. The molecule has 2 aromatic heterocycles. The Labute approximate surface area is 169 Å². The summed E-state index contributed by atoms with van der Waals surface area (Å²) < 4.78 is 7.33. The van der Waals surface area contributed by atoms with E-state index in [9.17, 15) is 9.59 Å². The molecule has 0 saturated carbocycles. The minimum Gasteiger partial charge on any atom is -0.459 e. The van der Waals surface area contributed by atoms with Gasteiger partial charge in [0.2, 0.25) is 0 Å². The molecule has 0 spiro atoms. The van der Waals surface area contributed by atoms with Gasteiger partial charge in [0.05, 0.1) is 6.26 Å². The van der Waals surface area contributed by atoms with Crippen LogP contribution in [0, 0.1) is 0 Å². The van der Waals surface area contributed by atoms with Crippen LogP contribution in [0.1, 0.15) is 42.3 Å². The molecule has 0 atom stereocenters. The molecule has 3 aromatic rings. The van der Waals surface area contributed by atoms with E-state index in [1.54, 1.807) is 18.2 Å². The number of likely N-dealkylation sites (tertiary alicyclic amines) is 1. The van der Waals surface area contributed by atoms with Gasteiger partial charge in [0, 0.05) is 42.3 Å². The Balaban J connectivity index is 1.73. The molecular formula is C23H25N3O3. The third kappa shape index (κ3) is 3.97. The third-order valence-corrected chi connectivity index (χ3v) is 5.33. The number of hydrogen-bond donors (Lipinski definition) is 1. The summed E-state index contributed by atoms with van der Waals surface area (Å²) in [6.45, 7) is 4.33. The van der Waals surface area contributed by atoms with E-state index in [1.807, 2.05) is 29.3 Å². The molecule has 0 unspecified atom stereocenters. The quantitative estimate of drug-likeness (QED) is 0.668. The topological polar surface area (TPSA) is 67.5 Å². The SMILES string of the molecule is CCn1cc(C=C(NC(=O)c2ccco2)C(=O)N2CCCCC2)c2ccccc21. The van der Waals surface area contributed by atoms with E-state index in [0.717, 1.165) is 42.3 Å². The van der Waals surface area contributed by atoms with Gasteiger partial charge in [0.1, 0.15) is 5.70 Å². The molecule has 29 heavy (non-hydrogen) atoms. The third-order valence-electron chi connectivity index (χ3n) is 5.33. The summed E-state index contributed by atoms with van der Waals surface area (Å²) in [6.07, 6.45) is 8.35. The van der Waals surface area contributed by atoms with E-state index in [4.69, 9.17) is 4.42 Å². The second-order valence-corrected chi connectivity index (χ2v) is 7.23. The Morgan fingerprint density at radius 3 is 2.62 bits per heavy atom. The maximum atomic E-state index is 13.2. The Kier molecular flexibility index (Phi) is 5.51. The molecule has 0 bridgehead atoms. The average Bonchev–Trinajstić information content (AvgIpc) is 3.42. The van der Waals surface area contributed by atoms with Crippen molar-refractivity contribution in [3.63, 3.8) is 0 Å². The van der Waals surface area contributed by atoms with Crippen LogP contribution in [0.2, 0.25) is 0 Å². The molecule has 1 N–H and O–H groups in total. The summed E-state index contributed by atoms with van der Waals surface area (Å²) in [5.41, 5.74) is 2.28.